The molecule has 0 radical (unpaired) electrons. The Morgan fingerprint density at radius 1 is 1.18 bits per heavy atom. The summed E-state index contributed by atoms with van der Waals surface area (Å²) in [6, 6.07) is 13.3. The van der Waals surface area contributed by atoms with Crippen LogP contribution in [0.3, 0.4) is 0 Å². The van der Waals surface area contributed by atoms with Gasteiger partial charge in [0, 0.05) is 13.6 Å². The van der Waals surface area contributed by atoms with Crippen molar-refractivity contribution in [2.75, 3.05) is 6.54 Å². The fourth-order valence-electron chi connectivity index (χ4n) is 3.67. The summed E-state index contributed by atoms with van der Waals surface area (Å²) in [5.41, 5.74) is 3.91. The fourth-order valence-corrected chi connectivity index (χ4v) is 3.67. The smallest absolute Gasteiger partial charge is 0.272 e. The lowest BCUT2D eigenvalue weighted by molar-refractivity contribution is 0.0694. The van der Waals surface area contributed by atoms with Crippen molar-refractivity contribution >= 4 is 5.91 Å². The maximum atomic E-state index is 13.0. The first kappa shape index (κ1) is 18.4. The number of hydrogen-bond donors (Lipinski definition) is 1. The summed E-state index contributed by atoms with van der Waals surface area (Å²) in [4.78, 5) is 14.8. The first-order valence-electron chi connectivity index (χ1n) is 9.68. The van der Waals surface area contributed by atoms with Crippen LogP contribution in [0.1, 0.15) is 52.6 Å². The summed E-state index contributed by atoms with van der Waals surface area (Å²) in [7, 11) is 1.81. The van der Waals surface area contributed by atoms with Gasteiger partial charge in [-0.1, -0.05) is 43.7 Å². The maximum absolute atomic E-state index is 13.0. The molecule has 1 aliphatic heterocycles. The number of aliphatic hydroxyl groups excluding tert-OH is 1. The van der Waals surface area contributed by atoms with Gasteiger partial charge in [-0.25, -0.2) is 0 Å². The Kier molecular flexibility index (Phi) is 5.00. The first-order chi connectivity index (χ1) is 13.6. The number of rotatable bonds is 5. The molecule has 4 rings (SSSR count). The van der Waals surface area contributed by atoms with Crippen molar-refractivity contribution in [3.63, 3.8) is 0 Å². The van der Waals surface area contributed by atoms with Crippen LogP contribution in [-0.2, 0) is 26.6 Å². The molecule has 1 aliphatic rings. The van der Waals surface area contributed by atoms with Crippen LogP contribution in [0, 0.1) is 0 Å². The van der Waals surface area contributed by atoms with Crippen LogP contribution in [0.4, 0.5) is 0 Å². The van der Waals surface area contributed by atoms with E-state index in [0.29, 0.717) is 31.0 Å². The fraction of sp³-hybridized carbons (Fsp3) is 0.381. The van der Waals surface area contributed by atoms with E-state index in [0.717, 1.165) is 29.8 Å². The number of carbonyl (C=O) groups is 1. The van der Waals surface area contributed by atoms with Gasteiger partial charge in [0.2, 0.25) is 0 Å². The van der Waals surface area contributed by atoms with Crippen molar-refractivity contribution in [3.05, 3.63) is 70.8 Å². The summed E-state index contributed by atoms with van der Waals surface area (Å²) in [5.74, 6) is -0.0186. The molecule has 28 heavy (non-hydrogen) atoms. The van der Waals surface area contributed by atoms with Crippen molar-refractivity contribution < 1.29 is 9.90 Å². The van der Waals surface area contributed by atoms with E-state index >= 15 is 0 Å². The second-order valence-corrected chi connectivity index (χ2v) is 7.22. The lowest BCUT2D eigenvalue weighted by atomic mass is 10.1. The van der Waals surface area contributed by atoms with Crippen LogP contribution in [0.5, 0.6) is 0 Å². The maximum Gasteiger partial charge on any atom is 0.272 e. The Bertz CT molecular complexity index is 976. The molecule has 0 fully saturated rings. The highest BCUT2D eigenvalue weighted by Crippen LogP contribution is 2.24. The van der Waals surface area contributed by atoms with Crippen LogP contribution >= 0.6 is 0 Å². The zero-order chi connectivity index (χ0) is 19.7. The summed E-state index contributed by atoms with van der Waals surface area (Å²) < 4.78 is 3.56. The second-order valence-electron chi connectivity index (χ2n) is 7.22. The number of nitrogens with zero attached hydrogens (tertiary/aromatic N) is 5. The van der Waals surface area contributed by atoms with Gasteiger partial charge in [-0.05, 0) is 24.1 Å². The molecule has 1 N–H and O–H groups in total. The highest BCUT2D eigenvalue weighted by atomic mass is 16.3. The van der Waals surface area contributed by atoms with Crippen molar-refractivity contribution in [2.45, 2.75) is 39.0 Å². The molecule has 0 spiro atoms. The van der Waals surface area contributed by atoms with Gasteiger partial charge in [-0.3, -0.25) is 14.2 Å². The largest absolute Gasteiger partial charge is 0.382 e. The van der Waals surface area contributed by atoms with Crippen molar-refractivity contribution in [1.82, 2.24) is 24.5 Å². The van der Waals surface area contributed by atoms with Crippen molar-refractivity contribution in [3.8, 4) is 0 Å². The monoisotopic (exact) mass is 379 g/mol. The highest BCUT2D eigenvalue weighted by Gasteiger charge is 2.27. The average molecular weight is 379 g/mol. The molecule has 0 saturated carbocycles. The summed E-state index contributed by atoms with van der Waals surface area (Å²) in [6.07, 6.45) is 1.10. The molecule has 0 saturated heterocycles. The lowest BCUT2D eigenvalue weighted by Gasteiger charge is -2.27. The van der Waals surface area contributed by atoms with E-state index in [9.17, 15) is 9.90 Å². The minimum atomic E-state index is -0.767. The molecule has 0 aliphatic carbocycles. The Balaban J connectivity index is 1.52. The van der Waals surface area contributed by atoms with Gasteiger partial charge in [0.05, 0.1) is 30.2 Å². The Morgan fingerprint density at radius 3 is 2.71 bits per heavy atom. The van der Waals surface area contributed by atoms with E-state index in [-0.39, 0.29) is 5.91 Å². The molecule has 2 aromatic heterocycles. The van der Waals surface area contributed by atoms with E-state index < -0.39 is 6.10 Å². The number of aromatic nitrogens is 4. The second kappa shape index (κ2) is 7.59. The van der Waals surface area contributed by atoms with Crippen LogP contribution in [0.15, 0.2) is 42.5 Å². The lowest BCUT2D eigenvalue weighted by Crippen LogP contribution is -2.39. The van der Waals surface area contributed by atoms with Gasteiger partial charge < -0.3 is 10.0 Å². The number of fused-ring (bicyclic) bond motifs is 1. The van der Waals surface area contributed by atoms with E-state index in [1.807, 2.05) is 59.1 Å². The van der Waals surface area contributed by atoms with E-state index in [1.54, 1.807) is 4.68 Å². The number of aliphatic hydroxyl groups is 1. The highest BCUT2D eigenvalue weighted by molar-refractivity contribution is 5.92. The molecule has 1 aromatic carbocycles. The van der Waals surface area contributed by atoms with Crippen LogP contribution in [0.2, 0.25) is 0 Å². The summed E-state index contributed by atoms with van der Waals surface area (Å²) in [6.45, 7) is 3.77. The molecule has 3 aromatic rings. The minimum absolute atomic E-state index is 0.0186. The van der Waals surface area contributed by atoms with E-state index in [4.69, 9.17) is 0 Å². The molecule has 3 heterocycles. The summed E-state index contributed by atoms with van der Waals surface area (Å²) in [5, 5.41) is 19.6. The SMILES string of the molecule is CCCc1cc(C(=O)N2CCn3nc(C(O)c4ccccc4)cc3C2)n(C)n1. The Morgan fingerprint density at radius 2 is 1.96 bits per heavy atom. The van der Waals surface area contributed by atoms with Crippen LogP contribution in [0.25, 0.3) is 0 Å². The van der Waals surface area contributed by atoms with Crippen molar-refractivity contribution in [1.29, 1.82) is 0 Å². The molecule has 7 heteroatoms. The van der Waals surface area contributed by atoms with Crippen LogP contribution < -0.4 is 0 Å². The predicted molar refractivity (Wildman–Crippen MR) is 105 cm³/mol. The molecular weight excluding hydrogens is 354 g/mol. The molecule has 1 atom stereocenters. The molecule has 146 valence electrons. The topological polar surface area (TPSA) is 76.2 Å². The normalized spacial score (nSPS) is 14.8. The van der Waals surface area contributed by atoms with Gasteiger partial charge in [-0.15, -0.1) is 0 Å². The number of benzene rings is 1. The third-order valence-electron chi connectivity index (χ3n) is 5.16. The Labute approximate surface area is 164 Å². The molecule has 7 nitrogen and oxygen atoms in total. The number of amides is 1. The van der Waals surface area contributed by atoms with E-state index in [2.05, 4.69) is 17.1 Å². The van der Waals surface area contributed by atoms with Gasteiger partial charge in [0.15, 0.2) is 0 Å². The van der Waals surface area contributed by atoms with Gasteiger partial charge in [0.25, 0.3) is 5.91 Å². The molecule has 1 amide bonds. The zero-order valence-electron chi connectivity index (χ0n) is 16.2. The standard InChI is InChI=1S/C21H25N5O2/c1-3-7-16-12-19(24(2)22-16)21(28)25-10-11-26-17(14-25)13-18(23-26)20(27)15-8-5-4-6-9-15/h4-6,8-9,12-13,20,27H,3,7,10-11,14H2,1-2H3. The summed E-state index contributed by atoms with van der Waals surface area (Å²) >= 11 is 0. The molecule has 1 unspecified atom stereocenters. The van der Waals surface area contributed by atoms with Gasteiger partial charge >= 0.3 is 0 Å². The number of aryl methyl sites for hydroxylation is 2. The molecular formula is C21H25N5O2. The molecule has 0 bridgehead atoms. The quantitative estimate of drug-likeness (QED) is 0.738. The average Bonchev–Trinajstić information content (AvgIpc) is 3.30. The van der Waals surface area contributed by atoms with Gasteiger partial charge in [0.1, 0.15) is 11.8 Å². The van der Waals surface area contributed by atoms with Crippen molar-refractivity contribution in [2.24, 2.45) is 7.05 Å². The zero-order valence-corrected chi connectivity index (χ0v) is 16.2. The van der Waals surface area contributed by atoms with Gasteiger partial charge in [-0.2, -0.15) is 10.2 Å². The third-order valence-corrected chi connectivity index (χ3v) is 5.16. The number of hydrogen-bond acceptors (Lipinski definition) is 4. The van der Waals surface area contributed by atoms with Crippen LogP contribution in [-0.4, -0.2) is 42.0 Å². The van der Waals surface area contributed by atoms with E-state index in [1.165, 1.54) is 0 Å². The third kappa shape index (κ3) is 3.45. The number of carbonyl (C=O) groups excluding carboxylic acids is 1. The predicted octanol–water partition coefficient (Wildman–Crippen LogP) is 2.31. The Hall–Kier alpha value is -2.93. The minimum Gasteiger partial charge on any atom is -0.382 e. The first-order valence-corrected chi connectivity index (χ1v) is 9.68.